The van der Waals surface area contributed by atoms with Crippen molar-refractivity contribution in [2.75, 3.05) is 85.9 Å². The molecule has 0 unspecified atom stereocenters. The van der Waals surface area contributed by atoms with E-state index in [-0.39, 0.29) is 0 Å². The van der Waals surface area contributed by atoms with Crippen molar-refractivity contribution in [2.24, 2.45) is 0 Å². The summed E-state index contributed by atoms with van der Waals surface area (Å²) in [6.07, 6.45) is 16.9. The topological polar surface area (TPSA) is 64.6 Å². The lowest BCUT2D eigenvalue weighted by Gasteiger charge is -2.09. The lowest BCUT2D eigenvalue weighted by atomic mass is 10.0. The van der Waals surface area contributed by atoms with Crippen LogP contribution in [0.4, 0.5) is 0 Å². The van der Waals surface area contributed by atoms with Crippen LogP contribution in [0.2, 0.25) is 0 Å². The normalized spacial score (nSPS) is 11.4. The van der Waals surface area contributed by atoms with E-state index >= 15 is 0 Å². The minimum atomic E-state index is 0.540. The summed E-state index contributed by atoms with van der Waals surface area (Å²) in [6, 6.07) is 8.48. The monoisotopic (exact) mass is 582 g/mol. The van der Waals surface area contributed by atoms with Crippen molar-refractivity contribution in [3.8, 4) is 5.75 Å². The van der Waals surface area contributed by atoms with Gasteiger partial charge < -0.3 is 33.2 Å². The minimum absolute atomic E-state index is 0.540. The molecule has 0 heterocycles. The number of unbranched alkanes of at least 4 members (excludes halogenated alkanes) is 10. The zero-order chi connectivity index (χ0) is 29.3. The van der Waals surface area contributed by atoms with Crippen molar-refractivity contribution >= 4 is 0 Å². The van der Waals surface area contributed by atoms with Gasteiger partial charge in [0, 0.05) is 6.61 Å². The van der Waals surface area contributed by atoms with Gasteiger partial charge in [0.05, 0.1) is 72.7 Å². The second kappa shape index (κ2) is 31.7. The predicted octanol–water partition coefficient (Wildman–Crippen LogP) is 7.43. The van der Waals surface area contributed by atoms with Gasteiger partial charge >= 0.3 is 0 Å². The third-order valence-electron chi connectivity index (χ3n) is 6.74. The molecule has 1 aromatic carbocycles. The van der Waals surface area contributed by atoms with Crippen LogP contribution in [0.15, 0.2) is 24.3 Å². The molecule has 41 heavy (non-hydrogen) atoms. The maximum atomic E-state index is 5.78. The fraction of sp³-hybridized carbons (Fsp3) is 0.824. The third kappa shape index (κ3) is 27.4. The van der Waals surface area contributed by atoms with E-state index in [0.717, 1.165) is 25.2 Å². The van der Waals surface area contributed by atoms with E-state index < -0.39 is 0 Å². The summed E-state index contributed by atoms with van der Waals surface area (Å²) in [7, 11) is 0. The highest BCUT2D eigenvalue weighted by Gasteiger charge is 1.99. The third-order valence-corrected chi connectivity index (χ3v) is 6.74. The molecule has 0 saturated heterocycles. The second-order valence-corrected chi connectivity index (χ2v) is 10.5. The molecule has 0 saturated carbocycles. The van der Waals surface area contributed by atoms with Crippen LogP contribution in [0.5, 0.6) is 5.75 Å². The van der Waals surface area contributed by atoms with Gasteiger partial charge in [-0.1, -0.05) is 90.2 Å². The Balaban J connectivity index is 1.75. The molecule has 0 N–H and O–H groups in total. The van der Waals surface area contributed by atoms with Crippen molar-refractivity contribution < 1.29 is 33.2 Å². The van der Waals surface area contributed by atoms with Gasteiger partial charge in [0.2, 0.25) is 0 Å². The Morgan fingerprint density at radius 2 is 0.732 bits per heavy atom. The average molecular weight is 583 g/mol. The maximum absolute atomic E-state index is 5.78. The molecule has 1 aromatic rings. The zero-order valence-corrected chi connectivity index (χ0v) is 26.6. The van der Waals surface area contributed by atoms with Crippen molar-refractivity contribution in [3.05, 3.63) is 29.8 Å². The summed E-state index contributed by atoms with van der Waals surface area (Å²) in [5.74, 6) is 0.898. The molecule has 0 atom stereocenters. The molecule has 0 amide bonds. The zero-order valence-electron chi connectivity index (χ0n) is 26.6. The summed E-state index contributed by atoms with van der Waals surface area (Å²) in [5, 5.41) is 0. The number of hydrogen-bond donors (Lipinski definition) is 0. The number of aryl methyl sites for hydroxylation is 1. The summed E-state index contributed by atoms with van der Waals surface area (Å²) in [6.45, 7) is 12.2. The van der Waals surface area contributed by atoms with Crippen LogP contribution in [0.3, 0.4) is 0 Å². The molecule has 7 heteroatoms. The van der Waals surface area contributed by atoms with Crippen LogP contribution in [0, 0.1) is 0 Å². The predicted molar refractivity (Wildman–Crippen MR) is 167 cm³/mol. The molecule has 0 spiro atoms. The number of hydrogen-bond acceptors (Lipinski definition) is 7. The number of rotatable bonds is 33. The molecule has 0 aromatic heterocycles. The lowest BCUT2D eigenvalue weighted by Crippen LogP contribution is -2.14. The van der Waals surface area contributed by atoms with E-state index in [1.807, 2.05) is 0 Å². The molecule has 7 nitrogen and oxygen atoms in total. The number of benzene rings is 1. The largest absolute Gasteiger partial charge is 0.491 e. The Labute approximate surface area is 251 Å². The van der Waals surface area contributed by atoms with Crippen LogP contribution in [-0.4, -0.2) is 85.9 Å². The van der Waals surface area contributed by atoms with Gasteiger partial charge in [-0.25, -0.2) is 0 Å². The smallest absolute Gasteiger partial charge is 0.119 e. The highest BCUT2D eigenvalue weighted by Crippen LogP contribution is 2.15. The molecule has 0 aliphatic carbocycles. The molecule has 240 valence electrons. The van der Waals surface area contributed by atoms with Gasteiger partial charge in [-0.05, 0) is 37.0 Å². The van der Waals surface area contributed by atoms with E-state index in [1.54, 1.807) is 0 Å². The van der Waals surface area contributed by atoms with Crippen molar-refractivity contribution in [1.29, 1.82) is 0 Å². The van der Waals surface area contributed by atoms with E-state index in [9.17, 15) is 0 Å². The first-order chi connectivity index (χ1) is 20.4. The van der Waals surface area contributed by atoms with Crippen LogP contribution >= 0.6 is 0 Å². The highest BCUT2D eigenvalue weighted by molar-refractivity contribution is 5.27. The molecule has 0 aliphatic heterocycles. The SMILES string of the molecule is CCCCCCCCCc1ccc(OCCOCCOCCOCCOCCOCCOCCCCCCC)cc1. The van der Waals surface area contributed by atoms with Crippen LogP contribution in [0.25, 0.3) is 0 Å². The van der Waals surface area contributed by atoms with E-state index in [0.29, 0.717) is 79.3 Å². The molecule has 0 aliphatic rings. The van der Waals surface area contributed by atoms with Crippen LogP contribution in [0.1, 0.15) is 96.5 Å². The Morgan fingerprint density at radius 1 is 0.366 bits per heavy atom. The molecular weight excluding hydrogens is 520 g/mol. The summed E-state index contributed by atoms with van der Waals surface area (Å²) in [5.41, 5.74) is 1.39. The lowest BCUT2D eigenvalue weighted by molar-refractivity contribution is -0.0179. The Hall–Kier alpha value is -1.22. The van der Waals surface area contributed by atoms with Gasteiger partial charge in [-0.2, -0.15) is 0 Å². The first-order valence-electron chi connectivity index (χ1n) is 16.5. The second-order valence-electron chi connectivity index (χ2n) is 10.5. The fourth-order valence-corrected chi connectivity index (χ4v) is 4.27. The Kier molecular flexibility index (Phi) is 29.2. The summed E-state index contributed by atoms with van der Waals surface area (Å²) < 4.78 is 39.0. The van der Waals surface area contributed by atoms with Gasteiger partial charge in [-0.3, -0.25) is 0 Å². The molecule has 0 fully saturated rings. The molecule has 1 rings (SSSR count). The fourth-order valence-electron chi connectivity index (χ4n) is 4.27. The van der Waals surface area contributed by atoms with Gasteiger partial charge in [0.25, 0.3) is 0 Å². The standard InChI is InChI=1S/C34H62O7/c1-3-5-7-9-10-11-13-15-33-16-18-34(19-17-33)41-32-31-40-30-29-39-28-27-38-26-25-37-24-23-36-22-21-35-20-14-12-8-6-4-2/h16-19H,3-15,20-32H2,1-2H3. The van der Waals surface area contributed by atoms with Crippen LogP contribution in [-0.2, 0) is 34.8 Å². The summed E-state index contributed by atoms with van der Waals surface area (Å²) >= 11 is 0. The van der Waals surface area contributed by atoms with E-state index in [4.69, 9.17) is 33.2 Å². The first kappa shape index (κ1) is 37.8. The van der Waals surface area contributed by atoms with Crippen LogP contribution < -0.4 is 4.74 Å². The van der Waals surface area contributed by atoms with Crippen molar-refractivity contribution in [1.82, 2.24) is 0 Å². The molecule has 0 bridgehead atoms. The Bertz CT molecular complexity index is 626. The first-order valence-corrected chi connectivity index (χ1v) is 16.5. The maximum Gasteiger partial charge on any atom is 0.119 e. The average Bonchev–Trinajstić information content (AvgIpc) is 2.99. The molecule has 0 radical (unpaired) electrons. The molecular formula is C34H62O7. The van der Waals surface area contributed by atoms with E-state index in [1.165, 1.54) is 76.2 Å². The highest BCUT2D eigenvalue weighted by atomic mass is 16.6. The van der Waals surface area contributed by atoms with Gasteiger partial charge in [0.15, 0.2) is 0 Å². The quantitative estimate of drug-likeness (QED) is 0.0799. The van der Waals surface area contributed by atoms with Crippen molar-refractivity contribution in [2.45, 2.75) is 97.3 Å². The van der Waals surface area contributed by atoms with Gasteiger partial charge in [0.1, 0.15) is 12.4 Å². The van der Waals surface area contributed by atoms with Gasteiger partial charge in [-0.15, -0.1) is 0 Å². The number of ether oxygens (including phenoxy) is 7. The summed E-state index contributed by atoms with van der Waals surface area (Å²) in [4.78, 5) is 0. The van der Waals surface area contributed by atoms with E-state index in [2.05, 4.69) is 38.1 Å². The van der Waals surface area contributed by atoms with Crippen molar-refractivity contribution in [3.63, 3.8) is 0 Å². The Morgan fingerprint density at radius 3 is 1.20 bits per heavy atom. The minimum Gasteiger partial charge on any atom is -0.491 e.